The molecule has 0 saturated heterocycles. The van der Waals surface area contributed by atoms with E-state index in [1.165, 1.54) is 13.0 Å². The molecule has 0 aliphatic carbocycles. The van der Waals surface area contributed by atoms with Gasteiger partial charge in [0, 0.05) is 35.8 Å². The van der Waals surface area contributed by atoms with Crippen molar-refractivity contribution in [2.75, 3.05) is 14.2 Å². The van der Waals surface area contributed by atoms with Gasteiger partial charge in [-0.2, -0.15) is 0 Å². The molecule has 0 radical (unpaired) electrons. The first-order valence-electron chi connectivity index (χ1n) is 11.0. The normalized spacial score (nSPS) is 15.7. The van der Waals surface area contributed by atoms with Crippen LogP contribution < -0.4 is 0 Å². The summed E-state index contributed by atoms with van der Waals surface area (Å²) in [4.78, 5) is 21.0. The van der Waals surface area contributed by atoms with Crippen LogP contribution in [0.4, 0.5) is 0 Å². The lowest BCUT2D eigenvalue weighted by molar-refractivity contribution is -0.112. The Bertz CT molecular complexity index is 1010. The van der Waals surface area contributed by atoms with Crippen molar-refractivity contribution in [1.82, 2.24) is 9.97 Å². The maximum atomic E-state index is 11.4. The van der Waals surface area contributed by atoms with Gasteiger partial charge in [0.1, 0.15) is 16.5 Å². The van der Waals surface area contributed by atoms with E-state index in [4.69, 9.17) is 19.4 Å². The van der Waals surface area contributed by atoms with Crippen LogP contribution in [0.25, 0.3) is 16.8 Å². The van der Waals surface area contributed by atoms with Gasteiger partial charge in [-0.15, -0.1) is 22.7 Å². The molecule has 33 heavy (non-hydrogen) atoms. The van der Waals surface area contributed by atoms with Gasteiger partial charge >= 0.3 is 0 Å². The summed E-state index contributed by atoms with van der Waals surface area (Å²) in [5.74, 6) is 1.23. The van der Waals surface area contributed by atoms with Crippen LogP contribution in [0.3, 0.4) is 0 Å². The summed E-state index contributed by atoms with van der Waals surface area (Å²) in [5, 5.41) is 6.03. The summed E-state index contributed by atoms with van der Waals surface area (Å²) in [5.41, 5.74) is 1.75. The monoisotopic (exact) mass is 486 g/mol. The van der Waals surface area contributed by atoms with Gasteiger partial charge in [-0.25, -0.2) is 9.97 Å². The molecule has 3 atom stereocenters. The fourth-order valence-electron chi connectivity index (χ4n) is 3.06. The lowest BCUT2D eigenvalue weighted by atomic mass is 10.0. The Hall–Kier alpha value is -2.35. The number of hydrogen-bond acceptors (Lipinski definition) is 7. The number of rotatable bonds is 12. The molecule has 0 spiro atoms. The van der Waals surface area contributed by atoms with E-state index in [1.54, 1.807) is 36.9 Å². The van der Waals surface area contributed by atoms with Crippen LogP contribution in [0, 0.1) is 11.8 Å². The topological polar surface area (TPSA) is 61.3 Å². The molecule has 0 aliphatic heterocycles. The van der Waals surface area contributed by atoms with Crippen LogP contribution in [0.2, 0.25) is 0 Å². The molecular weight excluding hydrogens is 452 g/mol. The Morgan fingerprint density at radius 2 is 1.73 bits per heavy atom. The van der Waals surface area contributed by atoms with Crippen molar-refractivity contribution >= 4 is 34.5 Å². The predicted molar refractivity (Wildman–Crippen MR) is 140 cm³/mol. The van der Waals surface area contributed by atoms with Crippen molar-refractivity contribution < 1.29 is 14.3 Å². The maximum Gasteiger partial charge on any atom is 0.155 e. The van der Waals surface area contributed by atoms with Crippen LogP contribution in [0.15, 0.2) is 53.0 Å². The Morgan fingerprint density at radius 3 is 2.36 bits per heavy atom. The summed E-state index contributed by atoms with van der Waals surface area (Å²) in [7, 11) is 3.21. The number of aromatic nitrogens is 2. The van der Waals surface area contributed by atoms with Gasteiger partial charge in [0.25, 0.3) is 0 Å². The standard InChI is InChI=1S/C26H34N2O3S2/c1-17(2)10-8-9-11-18(3)25-28-22(16-33-25)26-27-21(15-32-26)12-13-23(30-6)20(5)24(31-7)14-19(4)29/h8-18,20,23H,1-7H3/b10-8+,11-9+,13-12+,24-14-/t18-,20+,23-/m0/s1. The van der Waals surface area contributed by atoms with Crippen LogP contribution in [-0.2, 0) is 14.3 Å². The summed E-state index contributed by atoms with van der Waals surface area (Å²) >= 11 is 3.23. The smallest absolute Gasteiger partial charge is 0.155 e. The number of carbonyl (C=O) groups excluding carboxylic acids is 1. The van der Waals surface area contributed by atoms with Gasteiger partial charge in [0.15, 0.2) is 5.78 Å². The van der Waals surface area contributed by atoms with Gasteiger partial charge in [0.2, 0.25) is 0 Å². The molecule has 0 unspecified atom stereocenters. The third kappa shape index (κ3) is 8.50. The van der Waals surface area contributed by atoms with Crippen LogP contribution >= 0.6 is 22.7 Å². The van der Waals surface area contributed by atoms with E-state index in [1.807, 2.05) is 24.5 Å². The van der Waals surface area contributed by atoms with E-state index in [9.17, 15) is 4.79 Å². The van der Waals surface area contributed by atoms with E-state index < -0.39 is 0 Å². The van der Waals surface area contributed by atoms with E-state index in [0.29, 0.717) is 11.7 Å². The molecule has 178 valence electrons. The molecule has 0 fully saturated rings. The van der Waals surface area contributed by atoms with E-state index in [-0.39, 0.29) is 23.7 Å². The minimum Gasteiger partial charge on any atom is -0.501 e. The number of thiazole rings is 2. The average Bonchev–Trinajstić information content (AvgIpc) is 3.44. The number of ketones is 1. The largest absolute Gasteiger partial charge is 0.501 e. The molecule has 0 amide bonds. The predicted octanol–water partition coefficient (Wildman–Crippen LogP) is 6.92. The highest BCUT2D eigenvalue weighted by atomic mass is 32.1. The highest BCUT2D eigenvalue weighted by molar-refractivity contribution is 7.14. The quantitative estimate of drug-likeness (QED) is 0.185. The lowest BCUT2D eigenvalue weighted by Crippen LogP contribution is -2.21. The zero-order chi connectivity index (χ0) is 24.4. The number of methoxy groups -OCH3 is 2. The summed E-state index contributed by atoms with van der Waals surface area (Å²) in [6, 6.07) is 0. The van der Waals surface area contributed by atoms with Gasteiger partial charge in [-0.1, -0.05) is 58.1 Å². The van der Waals surface area contributed by atoms with Crippen LogP contribution in [0.1, 0.15) is 51.2 Å². The minimum absolute atomic E-state index is 0.0545. The Balaban J connectivity index is 2.09. The Morgan fingerprint density at radius 1 is 1.00 bits per heavy atom. The fourth-order valence-corrected chi connectivity index (χ4v) is 4.72. The number of carbonyl (C=O) groups is 1. The van der Waals surface area contributed by atoms with E-state index >= 15 is 0 Å². The highest BCUT2D eigenvalue weighted by Gasteiger charge is 2.20. The zero-order valence-electron chi connectivity index (χ0n) is 20.4. The first kappa shape index (κ1) is 26.9. The molecule has 5 nitrogen and oxygen atoms in total. The summed E-state index contributed by atoms with van der Waals surface area (Å²) < 4.78 is 11.0. The first-order chi connectivity index (χ1) is 15.7. The fraction of sp³-hybridized carbons (Fsp3) is 0.423. The zero-order valence-corrected chi connectivity index (χ0v) is 22.1. The summed E-state index contributed by atoms with van der Waals surface area (Å²) in [6.07, 6.45) is 13.7. The molecule has 2 aromatic rings. The SMILES string of the molecule is CO/C(=C\C(C)=O)[C@H](C)[C@H](/C=C/c1csc(-c2csc([C@@H](C)/C=C/C=C/C(C)C)n2)n1)OC. The molecule has 0 saturated carbocycles. The number of hydrogen-bond donors (Lipinski definition) is 0. The second kappa shape index (κ2) is 13.4. The number of ether oxygens (including phenoxy) is 2. The van der Waals surface area contributed by atoms with E-state index in [2.05, 4.69) is 50.5 Å². The summed E-state index contributed by atoms with van der Waals surface area (Å²) in [6.45, 7) is 9.95. The second-order valence-corrected chi connectivity index (χ2v) is 9.91. The number of nitrogens with zero attached hydrogens (tertiary/aromatic N) is 2. The average molecular weight is 487 g/mol. The van der Waals surface area contributed by atoms with Gasteiger partial charge in [0.05, 0.1) is 23.9 Å². The van der Waals surface area contributed by atoms with Gasteiger partial charge < -0.3 is 9.47 Å². The Labute approximate surface area is 205 Å². The van der Waals surface area contributed by atoms with Crippen molar-refractivity contribution in [3.8, 4) is 10.7 Å². The Kier molecular flexibility index (Phi) is 10.9. The van der Waals surface area contributed by atoms with Crippen molar-refractivity contribution in [3.63, 3.8) is 0 Å². The number of allylic oxidation sites excluding steroid dienone is 5. The minimum atomic E-state index is -0.246. The third-order valence-electron chi connectivity index (χ3n) is 4.91. The van der Waals surface area contributed by atoms with E-state index in [0.717, 1.165) is 21.4 Å². The molecule has 0 aromatic carbocycles. The highest BCUT2D eigenvalue weighted by Crippen LogP contribution is 2.30. The molecule has 2 aromatic heterocycles. The molecule has 0 N–H and O–H groups in total. The molecular formula is C26H34N2O3S2. The third-order valence-corrected chi connectivity index (χ3v) is 6.84. The van der Waals surface area contributed by atoms with Crippen molar-refractivity contribution in [2.45, 2.75) is 46.6 Å². The maximum absolute atomic E-state index is 11.4. The van der Waals surface area contributed by atoms with Crippen molar-refractivity contribution in [3.05, 3.63) is 63.7 Å². The van der Waals surface area contributed by atoms with Gasteiger partial charge in [-0.3, -0.25) is 4.79 Å². The first-order valence-corrected chi connectivity index (χ1v) is 12.7. The molecule has 2 heterocycles. The van der Waals surface area contributed by atoms with Crippen molar-refractivity contribution in [1.29, 1.82) is 0 Å². The second-order valence-electron chi connectivity index (χ2n) is 8.16. The molecule has 7 heteroatoms. The van der Waals surface area contributed by atoms with Crippen molar-refractivity contribution in [2.24, 2.45) is 11.8 Å². The molecule has 0 bridgehead atoms. The lowest BCUT2D eigenvalue weighted by Gasteiger charge is -2.21. The van der Waals surface area contributed by atoms with Gasteiger partial charge in [-0.05, 0) is 18.9 Å². The molecule has 0 aliphatic rings. The van der Waals surface area contributed by atoms with Crippen LogP contribution in [0.5, 0.6) is 0 Å². The molecule has 2 rings (SSSR count). The van der Waals surface area contributed by atoms with Crippen LogP contribution in [-0.4, -0.2) is 36.1 Å².